The van der Waals surface area contributed by atoms with Gasteiger partial charge in [0.25, 0.3) is 0 Å². The number of hydrogen-bond donors (Lipinski definition) is 1. The maximum absolute atomic E-state index is 12.5. The fraction of sp³-hybridized carbons (Fsp3) is 0.900. The summed E-state index contributed by atoms with van der Waals surface area (Å²) >= 11 is 0. The van der Waals surface area contributed by atoms with Gasteiger partial charge in [0.1, 0.15) is 5.60 Å². The molecule has 2 atom stereocenters. The van der Waals surface area contributed by atoms with E-state index in [0.29, 0.717) is 6.42 Å². The lowest BCUT2D eigenvalue weighted by Crippen LogP contribution is -2.49. The highest BCUT2D eigenvalue weighted by molar-refractivity contribution is 7.87. The van der Waals surface area contributed by atoms with Gasteiger partial charge in [0.15, 0.2) is 0 Å². The molecule has 2 fully saturated rings. The largest absolute Gasteiger partial charge is 0.523 e. The summed E-state index contributed by atoms with van der Waals surface area (Å²) in [5.74, 6) is -0.0539. The number of fused-ring (bicyclic) bond motifs is 2. The summed E-state index contributed by atoms with van der Waals surface area (Å²) in [6.07, 6.45) is 0.885. The van der Waals surface area contributed by atoms with Gasteiger partial charge in [-0.05, 0) is 25.2 Å². The summed E-state index contributed by atoms with van der Waals surface area (Å²) in [6, 6.07) is 0. The van der Waals surface area contributed by atoms with Gasteiger partial charge >= 0.3 is 15.6 Å². The van der Waals surface area contributed by atoms with Crippen molar-refractivity contribution in [2.75, 3.05) is 0 Å². The van der Waals surface area contributed by atoms with E-state index in [2.05, 4.69) is 9.34 Å². The van der Waals surface area contributed by atoms with Gasteiger partial charge in [-0.2, -0.15) is 21.6 Å². The van der Waals surface area contributed by atoms with E-state index in [-0.39, 0.29) is 24.5 Å². The van der Waals surface area contributed by atoms with E-state index in [0.717, 1.165) is 0 Å². The molecule has 0 radical (unpaired) electrons. The molecule has 2 rings (SSSR count). The first-order valence-corrected chi connectivity index (χ1v) is 7.12. The Morgan fingerprint density at radius 1 is 1.42 bits per heavy atom. The van der Waals surface area contributed by atoms with Gasteiger partial charge in [-0.15, -0.1) is 0 Å². The second-order valence-electron chi connectivity index (χ2n) is 5.52. The molecule has 2 aliphatic rings. The van der Waals surface area contributed by atoms with Crippen LogP contribution in [-0.2, 0) is 14.3 Å². The van der Waals surface area contributed by atoms with Crippen LogP contribution >= 0.6 is 0 Å². The van der Waals surface area contributed by atoms with Crippen molar-refractivity contribution < 1.29 is 31.0 Å². The van der Waals surface area contributed by atoms with Crippen LogP contribution in [0.15, 0.2) is 5.16 Å². The van der Waals surface area contributed by atoms with Crippen LogP contribution in [0.1, 0.15) is 33.1 Å². The number of nitrogens with zero attached hydrogens (tertiary/aromatic N) is 1. The molecule has 0 saturated heterocycles. The summed E-state index contributed by atoms with van der Waals surface area (Å²) in [5, 5.41) is 11.9. The van der Waals surface area contributed by atoms with Crippen molar-refractivity contribution >= 4 is 15.8 Å². The number of hydrogen-bond acceptors (Lipinski definition) is 5. The predicted octanol–water partition coefficient (Wildman–Crippen LogP) is 2.26. The molecular formula is C10H14F3NO4S. The molecule has 2 saturated carbocycles. The molecule has 0 heterocycles. The molecule has 1 N–H and O–H groups in total. The van der Waals surface area contributed by atoms with Crippen LogP contribution < -0.4 is 0 Å². The van der Waals surface area contributed by atoms with Crippen LogP contribution in [0.3, 0.4) is 0 Å². The lowest BCUT2D eigenvalue weighted by atomic mass is 9.78. The van der Waals surface area contributed by atoms with Gasteiger partial charge in [0, 0.05) is 5.41 Å². The van der Waals surface area contributed by atoms with Crippen LogP contribution in [0.2, 0.25) is 0 Å². The Morgan fingerprint density at radius 3 is 2.42 bits per heavy atom. The highest BCUT2D eigenvalue weighted by atomic mass is 32.2. The van der Waals surface area contributed by atoms with E-state index in [1.54, 1.807) is 13.8 Å². The first-order chi connectivity index (χ1) is 8.48. The van der Waals surface area contributed by atoms with Crippen LogP contribution in [0, 0.1) is 11.3 Å². The Kier molecular flexibility index (Phi) is 2.95. The second-order valence-corrected chi connectivity index (χ2v) is 7.06. The van der Waals surface area contributed by atoms with Gasteiger partial charge in [-0.25, -0.2) is 4.18 Å². The van der Waals surface area contributed by atoms with Crippen molar-refractivity contribution in [2.24, 2.45) is 16.5 Å². The molecule has 0 aliphatic heterocycles. The molecule has 0 aromatic carbocycles. The third-order valence-corrected chi connectivity index (χ3v) is 5.54. The Bertz CT molecular complexity index is 525. The minimum Gasteiger partial charge on any atom is -0.411 e. The Hall–Kier alpha value is -0.830. The van der Waals surface area contributed by atoms with Crippen molar-refractivity contribution in [1.29, 1.82) is 0 Å². The number of rotatable bonds is 2. The van der Waals surface area contributed by atoms with Gasteiger partial charge in [-0.3, -0.25) is 0 Å². The summed E-state index contributed by atoms with van der Waals surface area (Å²) < 4.78 is 64.5. The summed E-state index contributed by atoms with van der Waals surface area (Å²) in [6.45, 7) is 3.27. The Balaban J connectivity index is 2.47. The summed E-state index contributed by atoms with van der Waals surface area (Å²) in [5.41, 5.74) is -8.03. The molecule has 0 aromatic rings. The average Bonchev–Trinajstić information content (AvgIpc) is 2.59. The minimum atomic E-state index is -5.73. The fourth-order valence-corrected chi connectivity index (χ4v) is 4.08. The molecule has 0 aromatic heterocycles. The molecule has 9 heteroatoms. The van der Waals surface area contributed by atoms with E-state index in [1.807, 2.05) is 0 Å². The summed E-state index contributed by atoms with van der Waals surface area (Å²) in [4.78, 5) is 0. The van der Waals surface area contributed by atoms with Crippen molar-refractivity contribution in [1.82, 2.24) is 0 Å². The monoisotopic (exact) mass is 301 g/mol. The first kappa shape index (κ1) is 14.6. The topological polar surface area (TPSA) is 76.0 Å². The van der Waals surface area contributed by atoms with Crippen molar-refractivity contribution in [3.05, 3.63) is 0 Å². The third-order valence-electron chi connectivity index (χ3n) is 4.47. The molecule has 5 nitrogen and oxygen atoms in total. The molecule has 0 amide bonds. The van der Waals surface area contributed by atoms with Crippen LogP contribution in [0.5, 0.6) is 0 Å². The molecule has 19 heavy (non-hydrogen) atoms. The molecule has 0 spiro atoms. The first-order valence-electron chi connectivity index (χ1n) is 5.71. The van der Waals surface area contributed by atoms with E-state index >= 15 is 0 Å². The number of alkyl halides is 3. The maximum Gasteiger partial charge on any atom is 0.523 e. The van der Waals surface area contributed by atoms with Gasteiger partial charge in [-0.1, -0.05) is 19.0 Å². The minimum absolute atomic E-state index is 0.0263. The highest BCUT2D eigenvalue weighted by Crippen LogP contribution is 2.61. The molecule has 110 valence electrons. The quantitative estimate of drug-likeness (QED) is 0.367. The SMILES string of the molecule is CC1(C)C2CCC1(OS(=O)(=O)C(F)(F)F)/C(=N/O)C2. The van der Waals surface area contributed by atoms with Gasteiger partial charge in [0.05, 0.1) is 5.71 Å². The van der Waals surface area contributed by atoms with E-state index < -0.39 is 26.6 Å². The molecular weight excluding hydrogens is 287 g/mol. The highest BCUT2D eigenvalue weighted by Gasteiger charge is 2.68. The lowest BCUT2D eigenvalue weighted by Gasteiger charge is -2.36. The van der Waals surface area contributed by atoms with E-state index in [9.17, 15) is 21.6 Å². The van der Waals surface area contributed by atoms with E-state index in [1.165, 1.54) is 0 Å². The molecule has 2 aliphatic carbocycles. The van der Waals surface area contributed by atoms with Crippen molar-refractivity contribution in [3.63, 3.8) is 0 Å². The Labute approximate surface area is 108 Å². The average molecular weight is 301 g/mol. The molecule has 2 bridgehead atoms. The van der Waals surface area contributed by atoms with Crippen molar-refractivity contribution in [3.8, 4) is 0 Å². The second kappa shape index (κ2) is 3.85. The fourth-order valence-electron chi connectivity index (χ4n) is 3.22. The lowest BCUT2D eigenvalue weighted by molar-refractivity contribution is -0.0665. The van der Waals surface area contributed by atoms with Crippen LogP contribution in [-0.4, -0.2) is 30.4 Å². The zero-order valence-corrected chi connectivity index (χ0v) is 11.2. The number of halogens is 3. The third kappa shape index (κ3) is 1.78. The zero-order valence-electron chi connectivity index (χ0n) is 10.4. The van der Waals surface area contributed by atoms with Crippen molar-refractivity contribution in [2.45, 2.75) is 44.2 Å². The normalized spacial score (nSPS) is 36.1. The van der Waals surface area contributed by atoms with Gasteiger partial charge in [0.2, 0.25) is 0 Å². The predicted molar refractivity (Wildman–Crippen MR) is 59.1 cm³/mol. The Morgan fingerprint density at radius 2 is 2.00 bits per heavy atom. The maximum atomic E-state index is 12.5. The standard InChI is InChI=1S/C10H14F3NO4S/c1-8(2)6-3-4-9(8,7(5-6)14-15)18-19(16,17)10(11,12)13/h6,15H,3-5H2,1-2H3/b14-7+. The van der Waals surface area contributed by atoms with Crippen LogP contribution in [0.25, 0.3) is 0 Å². The van der Waals surface area contributed by atoms with E-state index in [4.69, 9.17) is 5.21 Å². The summed E-state index contributed by atoms with van der Waals surface area (Å²) in [7, 11) is -5.73. The van der Waals surface area contributed by atoms with Crippen LogP contribution in [0.4, 0.5) is 13.2 Å². The molecule has 2 unspecified atom stereocenters. The van der Waals surface area contributed by atoms with Gasteiger partial charge < -0.3 is 5.21 Å². The zero-order chi connectivity index (χ0) is 14.7. The number of oxime groups is 1. The smallest absolute Gasteiger partial charge is 0.411 e.